The molecule has 0 radical (unpaired) electrons. The fourth-order valence-electron chi connectivity index (χ4n) is 3.06. The van der Waals surface area contributed by atoms with E-state index < -0.39 is 28.7 Å². The predicted octanol–water partition coefficient (Wildman–Crippen LogP) is 4.47. The summed E-state index contributed by atoms with van der Waals surface area (Å²) in [5, 5.41) is 0.672. The van der Waals surface area contributed by atoms with Gasteiger partial charge in [-0.1, -0.05) is 17.7 Å². The second-order valence-electron chi connectivity index (χ2n) is 6.81. The molecular weight excluding hydrogens is 419 g/mol. The van der Waals surface area contributed by atoms with Gasteiger partial charge in [-0.2, -0.15) is 13.2 Å². The van der Waals surface area contributed by atoms with E-state index >= 15 is 0 Å². The number of nitrogens with zero attached hydrogens (tertiary/aromatic N) is 4. The van der Waals surface area contributed by atoms with Crippen molar-refractivity contribution in [2.45, 2.75) is 33.0 Å². The van der Waals surface area contributed by atoms with Crippen molar-refractivity contribution in [3.05, 3.63) is 75.9 Å². The highest BCUT2D eigenvalue weighted by Gasteiger charge is 2.36. The van der Waals surface area contributed by atoms with Crippen LogP contribution in [-0.2, 0) is 6.18 Å². The number of amides is 1. The molecule has 0 saturated heterocycles. The van der Waals surface area contributed by atoms with Crippen molar-refractivity contribution in [1.29, 1.82) is 0 Å². The zero-order valence-electron chi connectivity index (χ0n) is 16.4. The van der Waals surface area contributed by atoms with Crippen LogP contribution < -0.4 is 10.9 Å². The summed E-state index contributed by atoms with van der Waals surface area (Å²) in [6.45, 7) is 5.31. The number of hydrazine groups is 1. The summed E-state index contributed by atoms with van der Waals surface area (Å²) < 4.78 is 39.4. The third kappa shape index (κ3) is 4.03. The van der Waals surface area contributed by atoms with Crippen LogP contribution in [0.25, 0.3) is 0 Å². The predicted molar refractivity (Wildman–Crippen MR) is 107 cm³/mol. The van der Waals surface area contributed by atoms with Crippen molar-refractivity contribution >= 4 is 23.5 Å². The lowest BCUT2D eigenvalue weighted by Gasteiger charge is -2.33. The van der Waals surface area contributed by atoms with Crippen LogP contribution in [0.1, 0.15) is 35.5 Å². The Bertz CT molecular complexity index is 1050. The maximum atomic E-state index is 13.1. The molecule has 30 heavy (non-hydrogen) atoms. The number of aromatic nitrogens is 2. The number of aryl methyl sites for hydroxylation is 1. The van der Waals surface area contributed by atoms with E-state index in [1.165, 1.54) is 22.2 Å². The zero-order chi connectivity index (χ0) is 22.2. The molecule has 3 rings (SSSR count). The van der Waals surface area contributed by atoms with E-state index in [9.17, 15) is 18.0 Å². The molecule has 1 aliphatic rings. The van der Waals surface area contributed by atoms with Gasteiger partial charge >= 0.3 is 6.18 Å². The number of rotatable bonds is 3. The fourth-order valence-corrected chi connectivity index (χ4v) is 3.38. The van der Waals surface area contributed by atoms with Gasteiger partial charge in [-0.15, -0.1) is 0 Å². The van der Waals surface area contributed by atoms with Crippen LogP contribution in [0.3, 0.4) is 0 Å². The number of alkyl halides is 3. The smallest absolute Gasteiger partial charge is 0.308 e. The SMILES string of the molecule is CC1=C(N(N)c2nccc(C)n2)C=CN(C(=O)c2cccc(C(F)(F)F)c2Cl)C1C. The largest absolute Gasteiger partial charge is 0.417 e. The van der Waals surface area contributed by atoms with Gasteiger partial charge in [-0.25, -0.2) is 20.8 Å². The van der Waals surface area contributed by atoms with E-state index in [1.54, 1.807) is 39.1 Å². The van der Waals surface area contributed by atoms with E-state index in [1.807, 2.05) is 0 Å². The van der Waals surface area contributed by atoms with Crippen LogP contribution in [0.5, 0.6) is 0 Å². The van der Waals surface area contributed by atoms with E-state index in [2.05, 4.69) is 9.97 Å². The Morgan fingerprint density at radius 2 is 1.97 bits per heavy atom. The summed E-state index contributed by atoms with van der Waals surface area (Å²) in [6.07, 6.45) is -0.0372. The highest BCUT2D eigenvalue weighted by molar-refractivity contribution is 6.34. The van der Waals surface area contributed by atoms with Gasteiger partial charge in [0.1, 0.15) is 0 Å². The summed E-state index contributed by atoms with van der Waals surface area (Å²) >= 11 is 5.92. The monoisotopic (exact) mass is 437 g/mol. The fraction of sp³-hybridized carbons (Fsp3) is 0.250. The van der Waals surface area contributed by atoms with Crippen LogP contribution in [0.2, 0.25) is 5.02 Å². The summed E-state index contributed by atoms with van der Waals surface area (Å²) in [6, 6.07) is 4.51. The number of anilines is 1. The third-order valence-electron chi connectivity index (χ3n) is 4.87. The summed E-state index contributed by atoms with van der Waals surface area (Å²) in [5.74, 6) is 5.80. The van der Waals surface area contributed by atoms with Crippen LogP contribution in [-0.4, -0.2) is 26.8 Å². The molecule has 0 spiro atoms. The van der Waals surface area contributed by atoms with Gasteiger partial charge in [-0.3, -0.25) is 4.79 Å². The number of carbonyl (C=O) groups is 1. The number of halogens is 4. The Hall–Kier alpha value is -2.91. The molecule has 1 aromatic heterocycles. The van der Waals surface area contributed by atoms with E-state index in [0.717, 1.165) is 17.8 Å². The van der Waals surface area contributed by atoms with E-state index in [-0.39, 0.29) is 11.5 Å². The molecule has 1 aliphatic heterocycles. The van der Waals surface area contributed by atoms with Crippen molar-refractivity contribution in [3.63, 3.8) is 0 Å². The standard InChI is InChI=1S/C20H19ClF3N5O/c1-11-7-9-26-19(27-11)29(25)16-8-10-28(13(3)12(16)2)18(30)14-5-4-6-15(17(14)21)20(22,23)24/h4-10,13H,25H2,1-3H3. The van der Waals surface area contributed by atoms with Gasteiger partial charge in [0, 0.05) is 18.1 Å². The molecule has 6 nitrogen and oxygen atoms in total. The number of hydrogen-bond acceptors (Lipinski definition) is 5. The normalized spacial score (nSPS) is 16.8. The molecule has 2 heterocycles. The van der Waals surface area contributed by atoms with Crippen molar-refractivity contribution in [2.24, 2.45) is 5.84 Å². The molecule has 1 aromatic carbocycles. The first kappa shape index (κ1) is 21.8. The molecule has 158 valence electrons. The van der Waals surface area contributed by atoms with Crippen molar-refractivity contribution in [3.8, 4) is 0 Å². The number of benzene rings is 1. The highest BCUT2D eigenvalue weighted by Crippen LogP contribution is 2.37. The van der Waals surface area contributed by atoms with Gasteiger partial charge in [0.2, 0.25) is 5.95 Å². The first-order valence-electron chi connectivity index (χ1n) is 8.94. The molecular formula is C20H19ClF3N5O. The molecule has 0 bridgehead atoms. The van der Waals surface area contributed by atoms with Gasteiger partial charge in [-0.05, 0) is 50.6 Å². The number of nitrogens with two attached hydrogens (primary N) is 1. The maximum absolute atomic E-state index is 13.1. The number of hydrogen-bond donors (Lipinski definition) is 1. The van der Waals surface area contributed by atoms with Crippen LogP contribution in [0.4, 0.5) is 19.1 Å². The molecule has 2 aromatic rings. The Morgan fingerprint density at radius 1 is 1.27 bits per heavy atom. The van der Waals surface area contributed by atoms with Gasteiger partial charge in [0.05, 0.1) is 27.9 Å². The number of carbonyl (C=O) groups excluding carboxylic acids is 1. The van der Waals surface area contributed by atoms with Crippen LogP contribution >= 0.6 is 11.6 Å². The highest BCUT2D eigenvalue weighted by atomic mass is 35.5. The van der Waals surface area contributed by atoms with Crippen LogP contribution in [0.15, 0.2) is 54.0 Å². The average Bonchev–Trinajstić information content (AvgIpc) is 2.68. The molecule has 1 amide bonds. The van der Waals surface area contributed by atoms with Crippen LogP contribution in [0, 0.1) is 6.92 Å². The molecule has 2 N–H and O–H groups in total. The molecule has 0 fully saturated rings. The average molecular weight is 438 g/mol. The minimum Gasteiger partial charge on any atom is -0.308 e. The van der Waals surface area contributed by atoms with Gasteiger partial charge in [0.15, 0.2) is 0 Å². The maximum Gasteiger partial charge on any atom is 0.417 e. The summed E-state index contributed by atoms with van der Waals surface area (Å²) in [5.41, 5.74) is 0.735. The summed E-state index contributed by atoms with van der Waals surface area (Å²) in [4.78, 5) is 22.7. The molecule has 1 atom stereocenters. The molecule has 0 saturated carbocycles. The minimum absolute atomic E-state index is 0.231. The third-order valence-corrected chi connectivity index (χ3v) is 5.27. The Balaban J connectivity index is 1.91. The summed E-state index contributed by atoms with van der Waals surface area (Å²) in [7, 11) is 0. The quantitative estimate of drug-likeness (QED) is 0.566. The number of allylic oxidation sites excluding steroid dienone is 1. The minimum atomic E-state index is -4.66. The van der Waals surface area contributed by atoms with Gasteiger partial charge in [0.25, 0.3) is 5.91 Å². The topological polar surface area (TPSA) is 75.3 Å². The lowest BCUT2D eigenvalue weighted by molar-refractivity contribution is -0.137. The Kier molecular flexibility index (Phi) is 5.87. The first-order chi connectivity index (χ1) is 14.0. The second kappa shape index (κ2) is 8.08. The van der Waals surface area contributed by atoms with Gasteiger partial charge < -0.3 is 4.90 Å². The Labute approximate surface area is 176 Å². The van der Waals surface area contributed by atoms with E-state index in [4.69, 9.17) is 17.4 Å². The Morgan fingerprint density at radius 3 is 2.60 bits per heavy atom. The first-order valence-corrected chi connectivity index (χ1v) is 9.32. The van der Waals surface area contributed by atoms with Crippen molar-refractivity contribution in [1.82, 2.24) is 14.9 Å². The lowest BCUT2D eigenvalue weighted by atomic mass is 10.0. The van der Waals surface area contributed by atoms with Crippen molar-refractivity contribution < 1.29 is 18.0 Å². The lowest BCUT2D eigenvalue weighted by Crippen LogP contribution is -2.41. The molecule has 0 aliphatic carbocycles. The molecule has 10 heteroatoms. The zero-order valence-corrected chi connectivity index (χ0v) is 17.2. The van der Waals surface area contributed by atoms with Crippen molar-refractivity contribution in [2.75, 3.05) is 5.01 Å². The van der Waals surface area contributed by atoms with E-state index in [0.29, 0.717) is 11.3 Å². The molecule has 1 unspecified atom stereocenters. The second-order valence-corrected chi connectivity index (χ2v) is 7.18.